The number of nitrogens with zero attached hydrogens (tertiary/aromatic N) is 1. The van der Waals surface area contributed by atoms with Gasteiger partial charge in [0.15, 0.2) is 0 Å². The lowest BCUT2D eigenvalue weighted by Crippen LogP contribution is -2.29. The highest BCUT2D eigenvalue weighted by Crippen LogP contribution is 2.31. The summed E-state index contributed by atoms with van der Waals surface area (Å²) in [7, 11) is 1.58. The van der Waals surface area contributed by atoms with Crippen molar-refractivity contribution in [2.45, 2.75) is 6.04 Å². The molecule has 2 rings (SSSR count). The Balaban J connectivity index is 2.47. The summed E-state index contributed by atoms with van der Waals surface area (Å²) in [5, 5.41) is 0. The molecule has 1 aromatic carbocycles. The molecule has 1 unspecified atom stereocenters. The van der Waals surface area contributed by atoms with E-state index in [2.05, 4.69) is 26.3 Å². The van der Waals surface area contributed by atoms with Gasteiger partial charge in [0, 0.05) is 10.7 Å². The van der Waals surface area contributed by atoms with Crippen LogP contribution in [0.15, 0.2) is 41.1 Å². The standard InChI is InChI=1S/C13H13BrFN3O/c1-19-10-2-3-12(14)11(5-10)13(18-16)8-4-9(15)7-17-6-8/h2-7,13,18H,16H2,1H3. The average molecular weight is 326 g/mol. The molecule has 0 aliphatic heterocycles. The van der Waals surface area contributed by atoms with Crippen molar-refractivity contribution in [3.63, 3.8) is 0 Å². The van der Waals surface area contributed by atoms with Crippen LogP contribution in [0.25, 0.3) is 0 Å². The summed E-state index contributed by atoms with van der Waals surface area (Å²) in [6.45, 7) is 0. The quantitative estimate of drug-likeness (QED) is 0.670. The maximum absolute atomic E-state index is 13.3. The summed E-state index contributed by atoms with van der Waals surface area (Å²) >= 11 is 3.45. The van der Waals surface area contributed by atoms with Crippen LogP contribution in [0.2, 0.25) is 0 Å². The van der Waals surface area contributed by atoms with Crippen LogP contribution in [0.3, 0.4) is 0 Å². The molecule has 0 saturated heterocycles. The Kier molecular flexibility index (Phi) is 4.47. The van der Waals surface area contributed by atoms with Gasteiger partial charge in [0.1, 0.15) is 11.6 Å². The van der Waals surface area contributed by atoms with Gasteiger partial charge in [0.25, 0.3) is 0 Å². The van der Waals surface area contributed by atoms with E-state index in [0.717, 1.165) is 16.2 Å². The molecule has 100 valence electrons. The second kappa shape index (κ2) is 6.10. The number of aromatic nitrogens is 1. The second-order valence-electron chi connectivity index (χ2n) is 3.92. The van der Waals surface area contributed by atoms with Crippen LogP contribution in [0.1, 0.15) is 17.2 Å². The molecule has 0 aliphatic carbocycles. The lowest BCUT2D eigenvalue weighted by molar-refractivity contribution is 0.413. The number of hydrogen-bond acceptors (Lipinski definition) is 4. The average Bonchev–Trinajstić information content (AvgIpc) is 2.42. The molecule has 0 amide bonds. The lowest BCUT2D eigenvalue weighted by atomic mass is 10.0. The van der Waals surface area contributed by atoms with Gasteiger partial charge in [-0.25, -0.2) is 9.82 Å². The molecular weight excluding hydrogens is 313 g/mol. The number of benzene rings is 1. The number of nitrogens with one attached hydrogen (secondary N) is 1. The minimum absolute atomic E-state index is 0.382. The molecule has 19 heavy (non-hydrogen) atoms. The van der Waals surface area contributed by atoms with E-state index in [9.17, 15) is 4.39 Å². The van der Waals surface area contributed by atoms with Gasteiger partial charge < -0.3 is 4.74 Å². The van der Waals surface area contributed by atoms with Crippen molar-refractivity contribution in [1.29, 1.82) is 0 Å². The van der Waals surface area contributed by atoms with Gasteiger partial charge in [0.2, 0.25) is 0 Å². The number of nitrogens with two attached hydrogens (primary N) is 1. The minimum atomic E-state index is -0.406. The Morgan fingerprint density at radius 1 is 1.37 bits per heavy atom. The molecule has 0 radical (unpaired) electrons. The highest BCUT2D eigenvalue weighted by molar-refractivity contribution is 9.10. The summed E-state index contributed by atoms with van der Waals surface area (Å²) in [6.07, 6.45) is 2.72. The molecule has 0 saturated carbocycles. The Morgan fingerprint density at radius 3 is 2.79 bits per heavy atom. The van der Waals surface area contributed by atoms with Crippen molar-refractivity contribution in [2.75, 3.05) is 7.11 Å². The third-order valence-electron chi connectivity index (χ3n) is 2.74. The van der Waals surface area contributed by atoms with Gasteiger partial charge in [-0.1, -0.05) is 15.9 Å². The number of rotatable bonds is 4. The van der Waals surface area contributed by atoms with E-state index >= 15 is 0 Å². The summed E-state index contributed by atoms with van der Waals surface area (Å²) in [5.74, 6) is 5.88. The number of halogens is 2. The zero-order valence-corrected chi connectivity index (χ0v) is 11.8. The Morgan fingerprint density at radius 2 is 2.16 bits per heavy atom. The van der Waals surface area contributed by atoms with Crippen LogP contribution in [0.4, 0.5) is 4.39 Å². The normalized spacial score (nSPS) is 12.2. The molecule has 0 spiro atoms. The first-order valence-electron chi connectivity index (χ1n) is 5.55. The predicted octanol–water partition coefficient (Wildman–Crippen LogP) is 2.54. The molecule has 0 bridgehead atoms. The van der Waals surface area contributed by atoms with Gasteiger partial charge in [-0.2, -0.15) is 0 Å². The van der Waals surface area contributed by atoms with Gasteiger partial charge in [0.05, 0.1) is 19.3 Å². The number of hydrazine groups is 1. The highest BCUT2D eigenvalue weighted by Gasteiger charge is 2.17. The molecule has 1 heterocycles. The first-order valence-corrected chi connectivity index (χ1v) is 6.35. The molecule has 6 heteroatoms. The summed E-state index contributed by atoms with van der Waals surface area (Å²) in [6, 6.07) is 6.52. The van der Waals surface area contributed by atoms with Gasteiger partial charge in [-0.3, -0.25) is 10.8 Å². The van der Waals surface area contributed by atoms with Gasteiger partial charge in [-0.15, -0.1) is 0 Å². The van der Waals surface area contributed by atoms with E-state index in [1.54, 1.807) is 13.3 Å². The number of ether oxygens (including phenoxy) is 1. The van der Waals surface area contributed by atoms with Crippen molar-refractivity contribution in [3.8, 4) is 5.75 Å². The molecule has 0 aliphatic rings. The highest BCUT2D eigenvalue weighted by atomic mass is 79.9. The maximum atomic E-state index is 13.3. The Hall–Kier alpha value is -1.50. The van der Waals surface area contributed by atoms with Crippen LogP contribution < -0.4 is 16.0 Å². The first kappa shape index (κ1) is 13.9. The van der Waals surface area contributed by atoms with Gasteiger partial charge in [-0.05, 0) is 35.4 Å². The number of pyridine rings is 1. The van der Waals surface area contributed by atoms with Crippen molar-refractivity contribution in [2.24, 2.45) is 5.84 Å². The molecular formula is C13H13BrFN3O. The van der Waals surface area contributed by atoms with Crippen LogP contribution in [0, 0.1) is 5.82 Å². The van der Waals surface area contributed by atoms with E-state index in [4.69, 9.17) is 10.6 Å². The van der Waals surface area contributed by atoms with Crippen molar-refractivity contribution in [3.05, 3.63) is 58.1 Å². The van der Waals surface area contributed by atoms with Crippen LogP contribution in [0.5, 0.6) is 5.75 Å². The zero-order chi connectivity index (χ0) is 13.8. The van der Waals surface area contributed by atoms with Crippen LogP contribution in [-0.4, -0.2) is 12.1 Å². The van der Waals surface area contributed by atoms with E-state index in [-0.39, 0.29) is 6.04 Å². The summed E-state index contributed by atoms with van der Waals surface area (Å²) in [4.78, 5) is 3.83. The molecule has 3 N–H and O–H groups in total. The van der Waals surface area contributed by atoms with E-state index < -0.39 is 5.82 Å². The number of methoxy groups -OCH3 is 1. The SMILES string of the molecule is COc1ccc(Br)c(C(NN)c2cncc(F)c2)c1. The monoisotopic (exact) mass is 325 g/mol. The smallest absolute Gasteiger partial charge is 0.141 e. The third-order valence-corrected chi connectivity index (χ3v) is 3.46. The fourth-order valence-corrected chi connectivity index (χ4v) is 2.30. The second-order valence-corrected chi connectivity index (χ2v) is 4.78. The van der Waals surface area contributed by atoms with Crippen LogP contribution in [-0.2, 0) is 0 Å². The van der Waals surface area contributed by atoms with Gasteiger partial charge >= 0.3 is 0 Å². The van der Waals surface area contributed by atoms with E-state index in [0.29, 0.717) is 11.3 Å². The molecule has 4 nitrogen and oxygen atoms in total. The lowest BCUT2D eigenvalue weighted by Gasteiger charge is -2.18. The summed E-state index contributed by atoms with van der Waals surface area (Å²) < 4.78 is 19.3. The van der Waals surface area contributed by atoms with E-state index in [1.807, 2.05) is 18.2 Å². The Labute approximate surface area is 118 Å². The summed E-state index contributed by atoms with van der Waals surface area (Å²) in [5.41, 5.74) is 4.14. The van der Waals surface area contributed by atoms with Crippen molar-refractivity contribution >= 4 is 15.9 Å². The number of hydrogen-bond donors (Lipinski definition) is 2. The van der Waals surface area contributed by atoms with Crippen molar-refractivity contribution in [1.82, 2.24) is 10.4 Å². The van der Waals surface area contributed by atoms with E-state index in [1.165, 1.54) is 6.07 Å². The molecule has 1 aromatic heterocycles. The van der Waals surface area contributed by atoms with Crippen molar-refractivity contribution < 1.29 is 9.13 Å². The van der Waals surface area contributed by atoms with Crippen LogP contribution >= 0.6 is 15.9 Å². The largest absolute Gasteiger partial charge is 0.497 e. The molecule has 2 aromatic rings. The zero-order valence-electron chi connectivity index (χ0n) is 10.2. The topological polar surface area (TPSA) is 60.2 Å². The minimum Gasteiger partial charge on any atom is -0.497 e. The fourth-order valence-electron chi connectivity index (χ4n) is 1.82. The molecule has 1 atom stereocenters. The predicted molar refractivity (Wildman–Crippen MR) is 74.1 cm³/mol. The third kappa shape index (κ3) is 3.09. The fraction of sp³-hybridized carbons (Fsp3) is 0.154. The molecule has 0 fully saturated rings. The first-order chi connectivity index (χ1) is 9.15. The Bertz CT molecular complexity index is 580. The maximum Gasteiger partial charge on any atom is 0.141 e.